The standard InChI is InChI=1S/C19H21N5O5/c1-13-2-4-14(5-3-13)20-19(26)23-10-8-22(9-11-23)17-7-6-15(24(28)29)12-16(17)18(25)21-27/h2-7,12,27H,8-11H2,1H3,(H,20,26)(H,21,25). The average molecular weight is 399 g/mol. The number of nitrogens with zero attached hydrogens (tertiary/aromatic N) is 3. The van der Waals surface area contributed by atoms with Gasteiger partial charge in [0.05, 0.1) is 16.2 Å². The van der Waals surface area contributed by atoms with Gasteiger partial charge in [-0.05, 0) is 25.1 Å². The third kappa shape index (κ3) is 4.61. The summed E-state index contributed by atoms with van der Waals surface area (Å²) in [6.45, 7) is 3.66. The van der Waals surface area contributed by atoms with Crippen LogP contribution in [0.4, 0.5) is 21.9 Å². The van der Waals surface area contributed by atoms with Crippen molar-refractivity contribution in [2.45, 2.75) is 6.92 Å². The molecule has 0 spiro atoms. The van der Waals surface area contributed by atoms with Crippen molar-refractivity contribution in [2.24, 2.45) is 0 Å². The first-order valence-electron chi connectivity index (χ1n) is 8.99. The molecule has 3 amide bonds. The highest BCUT2D eigenvalue weighted by molar-refractivity contribution is 6.00. The lowest BCUT2D eigenvalue weighted by molar-refractivity contribution is -0.384. The topological polar surface area (TPSA) is 128 Å². The van der Waals surface area contributed by atoms with Crippen molar-refractivity contribution >= 4 is 29.0 Å². The van der Waals surface area contributed by atoms with Crippen LogP contribution in [0.5, 0.6) is 0 Å². The lowest BCUT2D eigenvalue weighted by atomic mass is 10.1. The van der Waals surface area contributed by atoms with Crippen molar-refractivity contribution in [2.75, 3.05) is 36.4 Å². The maximum absolute atomic E-state index is 12.5. The molecule has 152 valence electrons. The van der Waals surface area contributed by atoms with Gasteiger partial charge in [0.2, 0.25) is 0 Å². The van der Waals surface area contributed by atoms with E-state index >= 15 is 0 Å². The Balaban J connectivity index is 1.68. The maximum atomic E-state index is 12.5. The molecule has 0 aliphatic carbocycles. The molecule has 3 rings (SSSR count). The van der Waals surface area contributed by atoms with Crippen LogP contribution >= 0.6 is 0 Å². The van der Waals surface area contributed by atoms with Gasteiger partial charge in [-0.2, -0.15) is 0 Å². The number of aryl methyl sites for hydroxylation is 1. The zero-order valence-corrected chi connectivity index (χ0v) is 15.8. The van der Waals surface area contributed by atoms with Crippen LogP contribution in [0.15, 0.2) is 42.5 Å². The molecule has 1 heterocycles. The monoisotopic (exact) mass is 399 g/mol. The quantitative estimate of drug-likeness (QED) is 0.411. The number of rotatable bonds is 4. The molecular weight excluding hydrogens is 378 g/mol. The van der Waals surface area contributed by atoms with Gasteiger partial charge in [-0.3, -0.25) is 20.1 Å². The minimum atomic E-state index is -0.830. The number of urea groups is 1. The molecule has 2 aromatic rings. The van der Waals surface area contributed by atoms with Crippen molar-refractivity contribution in [3.05, 3.63) is 63.7 Å². The summed E-state index contributed by atoms with van der Waals surface area (Å²) in [6.07, 6.45) is 0. The molecule has 10 nitrogen and oxygen atoms in total. The molecule has 0 radical (unpaired) electrons. The van der Waals surface area contributed by atoms with E-state index in [4.69, 9.17) is 5.21 Å². The fourth-order valence-electron chi connectivity index (χ4n) is 3.15. The second kappa shape index (κ2) is 8.57. The first-order chi connectivity index (χ1) is 13.9. The van der Waals surface area contributed by atoms with Gasteiger partial charge in [-0.25, -0.2) is 10.3 Å². The molecule has 1 saturated heterocycles. The molecule has 0 bridgehead atoms. The highest BCUT2D eigenvalue weighted by Crippen LogP contribution is 2.26. The smallest absolute Gasteiger partial charge is 0.321 e. The van der Waals surface area contributed by atoms with Crippen molar-refractivity contribution < 1.29 is 19.7 Å². The predicted octanol–water partition coefficient (Wildman–Crippen LogP) is 2.38. The number of hydrogen-bond donors (Lipinski definition) is 3. The molecule has 0 saturated carbocycles. The van der Waals surface area contributed by atoms with Gasteiger partial charge in [0.15, 0.2) is 0 Å². The minimum Gasteiger partial charge on any atom is -0.367 e. The Hall–Kier alpha value is -3.66. The second-order valence-electron chi connectivity index (χ2n) is 6.67. The van der Waals surface area contributed by atoms with E-state index in [1.165, 1.54) is 17.6 Å². The van der Waals surface area contributed by atoms with Gasteiger partial charge >= 0.3 is 6.03 Å². The summed E-state index contributed by atoms with van der Waals surface area (Å²) in [6, 6.07) is 11.2. The van der Waals surface area contributed by atoms with Crippen molar-refractivity contribution in [3.8, 4) is 0 Å². The second-order valence-corrected chi connectivity index (χ2v) is 6.67. The largest absolute Gasteiger partial charge is 0.367 e. The SMILES string of the molecule is Cc1ccc(NC(=O)N2CCN(c3ccc([N+](=O)[O-])cc3C(=O)NO)CC2)cc1. The first-order valence-corrected chi connectivity index (χ1v) is 8.99. The van der Waals surface area contributed by atoms with Gasteiger partial charge in [0, 0.05) is 44.0 Å². The zero-order valence-electron chi connectivity index (χ0n) is 15.8. The van der Waals surface area contributed by atoms with Crippen LogP contribution in [-0.2, 0) is 0 Å². The summed E-state index contributed by atoms with van der Waals surface area (Å²) in [4.78, 5) is 38.3. The fourth-order valence-corrected chi connectivity index (χ4v) is 3.15. The lowest BCUT2D eigenvalue weighted by Crippen LogP contribution is -2.50. The van der Waals surface area contributed by atoms with Gasteiger partial charge in [-0.1, -0.05) is 17.7 Å². The third-order valence-electron chi connectivity index (χ3n) is 4.75. The zero-order chi connectivity index (χ0) is 21.0. The summed E-state index contributed by atoms with van der Waals surface area (Å²) >= 11 is 0. The Morgan fingerprint density at radius 2 is 1.72 bits per heavy atom. The normalized spacial score (nSPS) is 13.7. The number of anilines is 2. The Kier molecular flexibility index (Phi) is 5.93. The molecule has 3 N–H and O–H groups in total. The molecule has 1 aliphatic rings. The van der Waals surface area contributed by atoms with Crippen LogP contribution in [0.1, 0.15) is 15.9 Å². The van der Waals surface area contributed by atoms with Crippen LogP contribution in [0, 0.1) is 17.0 Å². The van der Waals surface area contributed by atoms with Crippen LogP contribution in [-0.4, -0.2) is 53.1 Å². The highest BCUT2D eigenvalue weighted by Gasteiger charge is 2.25. The van der Waals surface area contributed by atoms with Crippen molar-refractivity contribution in [1.29, 1.82) is 0 Å². The number of nitro groups is 1. The lowest BCUT2D eigenvalue weighted by Gasteiger charge is -2.36. The van der Waals surface area contributed by atoms with Crippen LogP contribution < -0.4 is 15.7 Å². The van der Waals surface area contributed by atoms with E-state index in [1.54, 1.807) is 4.90 Å². The first kappa shape index (κ1) is 20.1. The maximum Gasteiger partial charge on any atom is 0.321 e. The van der Waals surface area contributed by atoms with Crippen LogP contribution in [0.25, 0.3) is 0 Å². The van der Waals surface area contributed by atoms with Crippen LogP contribution in [0.3, 0.4) is 0 Å². The Morgan fingerprint density at radius 1 is 1.07 bits per heavy atom. The van der Waals surface area contributed by atoms with E-state index in [1.807, 2.05) is 36.1 Å². The highest BCUT2D eigenvalue weighted by atomic mass is 16.6. The van der Waals surface area contributed by atoms with Gasteiger partial charge in [0.1, 0.15) is 0 Å². The molecule has 2 aromatic carbocycles. The number of carbonyl (C=O) groups excluding carboxylic acids is 2. The molecule has 10 heteroatoms. The number of carbonyl (C=O) groups is 2. The van der Waals surface area contributed by atoms with E-state index in [9.17, 15) is 19.7 Å². The van der Waals surface area contributed by atoms with Gasteiger partial charge in [0.25, 0.3) is 11.6 Å². The van der Waals surface area contributed by atoms with E-state index < -0.39 is 10.8 Å². The third-order valence-corrected chi connectivity index (χ3v) is 4.75. The van der Waals surface area contributed by atoms with Crippen LogP contribution in [0.2, 0.25) is 0 Å². The number of piperazine rings is 1. The molecule has 1 fully saturated rings. The summed E-state index contributed by atoms with van der Waals surface area (Å²) in [7, 11) is 0. The van der Waals surface area contributed by atoms with E-state index in [0.717, 1.165) is 11.6 Å². The number of benzene rings is 2. The molecule has 29 heavy (non-hydrogen) atoms. The number of hydrogen-bond acceptors (Lipinski definition) is 6. The fraction of sp³-hybridized carbons (Fsp3) is 0.263. The Labute approximate surface area is 166 Å². The number of nitrogens with one attached hydrogen (secondary N) is 2. The molecular formula is C19H21N5O5. The average Bonchev–Trinajstić information content (AvgIpc) is 2.74. The predicted molar refractivity (Wildman–Crippen MR) is 106 cm³/mol. The van der Waals surface area contributed by atoms with Crippen molar-refractivity contribution in [3.63, 3.8) is 0 Å². The van der Waals surface area contributed by atoms with Gasteiger partial charge < -0.3 is 15.1 Å². The summed E-state index contributed by atoms with van der Waals surface area (Å²) in [5, 5.41) is 22.8. The number of hydroxylamine groups is 1. The summed E-state index contributed by atoms with van der Waals surface area (Å²) in [5.74, 6) is -0.830. The van der Waals surface area contributed by atoms with E-state index in [2.05, 4.69) is 5.32 Å². The van der Waals surface area contributed by atoms with Crippen molar-refractivity contribution in [1.82, 2.24) is 10.4 Å². The molecule has 0 atom stereocenters. The van der Waals surface area contributed by atoms with E-state index in [0.29, 0.717) is 37.6 Å². The minimum absolute atomic E-state index is 0.000688. The Morgan fingerprint density at radius 3 is 2.31 bits per heavy atom. The number of amides is 3. The number of nitro benzene ring substituents is 1. The number of non-ortho nitro benzene ring substituents is 1. The Bertz CT molecular complexity index is 923. The van der Waals surface area contributed by atoms with Gasteiger partial charge in [-0.15, -0.1) is 0 Å². The molecule has 0 unspecified atom stereocenters. The summed E-state index contributed by atoms with van der Waals surface area (Å²) < 4.78 is 0. The molecule has 1 aliphatic heterocycles. The van der Waals surface area contributed by atoms with E-state index in [-0.39, 0.29) is 17.3 Å². The summed E-state index contributed by atoms with van der Waals surface area (Å²) in [5.41, 5.74) is 3.54. The molecule has 0 aromatic heterocycles.